The van der Waals surface area contributed by atoms with Gasteiger partial charge in [-0.1, -0.05) is 90.0 Å². The molecule has 0 radical (unpaired) electrons. The van der Waals surface area contributed by atoms with Crippen molar-refractivity contribution in [3.63, 3.8) is 0 Å². The normalized spacial score (nSPS) is 11.6. The van der Waals surface area contributed by atoms with Crippen LogP contribution in [0.2, 0.25) is 0 Å². The Morgan fingerprint density at radius 1 is 0.778 bits per heavy atom. The van der Waals surface area contributed by atoms with Gasteiger partial charge < -0.3 is 4.74 Å². The molecule has 136 valence electrons. The monoisotopic (exact) mass is 357 g/mol. The molecule has 0 amide bonds. The predicted octanol–water partition coefficient (Wildman–Crippen LogP) is 6.04. The standard InChI is InChI=1S/C23H23N3O/c24-26-25-17-23(22-12-5-2-6-13-22)27-18-21-11-7-10-20(16-21)15-14-19-8-3-1-4-9-19/h1-13,16,23H,14-15,17-18H2/t23-/m0/s1. The van der Waals surface area contributed by atoms with Crippen LogP contribution in [0, 0.1) is 0 Å². The molecule has 0 spiro atoms. The lowest BCUT2D eigenvalue weighted by Crippen LogP contribution is -2.08. The van der Waals surface area contributed by atoms with Crippen molar-refractivity contribution in [2.24, 2.45) is 5.11 Å². The average molecular weight is 357 g/mol. The van der Waals surface area contributed by atoms with Crippen molar-refractivity contribution in [2.75, 3.05) is 6.54 Å². The molecule has 27 heavy (non-hydrogen) atoms. The summed E-state index contributed by atoms with van der Waals surface area (Å²) in [6, 6.07) is 28.9. The number of azide groups is 1. The Hall–Kier alpha value is -3.07. The van der Waals surface area contributed by atoms with Crippen LogP contribution in [0.1, 0.15) is 28.4 Å². The molecule has 1 atom stereocenters. The lowest BCUT2D eigenvalue weighted by Gasteiger charge is -2.16. The van der Waals surface area contributed by atoms with Crippen molar-refractivity contribution in [1.29, 1.82) is 0 Å². The molecule has 3 aromatic rings. The summed E-state index contributed by atoms with van der Waals surface area (Å²) in [5.41, 5.74) is 13.4. The van der Waals surface area contributed by atoms with Crippen LogP contribution in [0.3, 0.4) is 0 Å². The molecule has 3 rings (SSSR count). The van der Waals surface area contributed by atoms with Crippen LogP contribution in [0.15, 0.2) is 90.0 Å². The molecular weight excluding hydrogens is 334 g/mol. The van der Waals surface area contributed by atoms with Crippen molar-refractivity contribution in [3.05, 3.63) is 118 Å². The van der Waals surface area contributed by atoms with Crippen LogP contribution in [0.5, 0.6) is 0 Å². The van der Waals surface area contributed by atoms with Crippen LogP contribution in [-0.2, 0) is 24.2 Å². The highest BCUT2D eigenvalue weighted by Gasteiger charge is 2.11. The number of hydrogen-bond acceptors (Lipinski definition) is 2. The molecular formula is C23H23N3O. The lowest BCUT2D eigenvalue weighted by atomic mass is 10.0. The number of aryl methyl sites for hydroxylation is 2. The zero-order chi connectivity index (χ0) is 18.7. The predicted molar refractivity (Wildman–Crippen MR) is 108 cm³/mol. The summed E-state index contributed by atoms with van der Waals surface area (Å²) in [7, 11) is 0. The highest BCUT2D eigenvalue weighted by atomic mass is 16.5. The van der Waals surface area contributed by atoms with Crippen molar-refractivity contribution >= 4 is 0 Å². The van der Waals surface area contributed by atoms with Gasteiger partial charge in [0.15, 0.2) is 0 Å². The fraction of sp³-hybridized carbons (Fsp3) is 0.217. The molecule has 0 fully saturated rings. The summed E-state index contributed by atoms with van der Waals surface area (Å²) < 4.78 is 6.07. The maximum Gasteiger partial charge on any atom is 0.0885 e. The zero-order valence-corrected chi connectivity index (χ0v) is 15.2. The van der Waals surface area contributed by atoms with Gasteiger partial charge in [0.2, 0.25) is 0 Å². The molecule has 3 aromatic carbocycles. The Bertz CT molecular complexity index is 874. The minimum atomic E-state index is -0.241. The first-order valence-electron chi connectivity index (χ1n) is 9.14. The summed E-state index contributed by atoms with van der Waals surface area (Å²) in [4.78, 5) is 2.87. The summed E-state index contributed by atoms with van der Waals surface area (Å²) in [5.74, 6) is 0. The van der Waals surface area contributed by atoms with Crippen molar-refractivity contribution in [2.45, 2.75) is 25.6 Å². The molecule has 0 bridgehead atoms. The van der Waals surface area contributed by atoms with E-state index in [9.17, 15) is 0 Å². The Morgan fingerprint density at radius 3 is 2.15 bits per heavy atom. The van der Waals surface area contributed by atoms with Gasteiger partial charge in [0.25, 0.3) is 0 Å². The van der Waals surface area contributed by atoms with E-state index >= 15 is 0 Å². The van der Waals surface area contributed by atoms with E-state index in [1.54, 1.807) is 0 Å². The van der Waals surface area contributed by atoms with Crippen molar-refractivity contribution in [1.82, 2.24) is 0 Å². The largest absolute Gasteiger partial charge is 0.369 e. The molecule has 0 aliphatic carbocycles. The number of hydrogen-bond donors (Lipinski definition) is 0. The number of ether oxygens (including phenoxy) is 1. The first-order valence-corrected chi connectivity index (χ1v) is 9.14. The molecule has 0 saturated carbocycles. The van der Waals surface area contributed by atoms with E-state index in [-0.39, 0.29) is 12.6 Å². The summed E-state index contributed by atoms with van der Waals surface area (Å²) in [5, 5.41) is 3.70. The first-order chi connectivity index (χ1) is 13.3. The quantitative estimate of drug-likeness (QED) is 0.262. The minimum Gasteiger partial charge on any atom is -0.369 e. The Kier molecular flexibility index (Phi) is 7.05. The SMILES string of the molecule is [N-]=[N+]=NC[C@H](OCc1cccc(CCc2ccccc2)c1)c1ccccc1. The number of rotatable bonds is 9. The lowest BCUT2D eigenvalue weighted by molar-refractivity contribution is 0.0457. The second kappa shape index (κ2) is 10.2. The van der Waals surface area contributed by atoms with Crippen LogP contribution >= 0.6 is 0 Å². The Labute approximate surface area is 160 Å². The van der Waals surface area contributed by atoms with Crippen molar-refractivity contribution < 1.29 is 4.74 Å². The van der Waals surface area contributed by atoms with Crippen LogP contribution in [0.25, 0.3) is 10.4 Å². The number of nitrogens with zero attached hydrogens (tertiary/aromatic N) is 3. The smallest absolute Gasteiger partial charge is 0.0885 e. The van der Waals surface area contributed by atoms with Gasteiger partial charge in [-0.3, -0.25) is 0 Å². The summed E-state index contributed by atoms with van der Waals surface area (Å²) in [6.45, 7) is 0.772. The van der Waals surface area contributed by atoms with E-state index in [4.69, 9.17) is 10.3 Å². The minimum absolute atomic E-state index is 0.241. The second-order valence-electron chi connectivity index (χ2n) is 6.43. The molecule has 0 heterocycles. The third kappa shape index (κ3) is 6.00. The van der Waals surface area contributed by atoms with Gasteiger partial charge in [-0.25, -0.2) is 0 Å². The third-order valence-electron chi connectivity index (χ3n) is 4.47. The van der Waals surface area contributed by atoms with Gasteiger partial charge >= 0.3 is 0 Å². The van der Waals surface area contributed by atoms with Gasteiger partial charge in [0.1, 0.15) is 0 Å². The highest BCUT2D eigenvalue weighted by Crippen LogP contribution is 2.20. The summed E-state index contributed by atoms with van der Waals surface area (Å²) >= 11 is 0. The molecule has 0 saturated heterocycles. The molecule has 4 heteroatoms. The third-order valence-corrected chi connectivity index (χ3v) is 4.47. The molecule has 4 nitrogen and oxygen atoms in total. The van der Waals surface area contributed by atoms with E-state index in [0.717, 1.165) is 24.0 Å². The van der Waals surface area contributed by atoms with Gasteiger partial charge in [0, 0.05) is 4.91 Å². The van der Waals surface area contributed by atoms with Crippen molar-refractivity contribution in [3.8, 4) is 0 Å². The molecule has 0 aromatic heterocycles. The molecule has 0 aliphatic heterocycles. The van der Waals surface area contributed by atoms with E-state index in [1.807, 2.05) is 36.4 Å². The maximum absolute atomic E-state index is 8.64. The Balaban J connectivity index is 1.61. The molecule has 0 aliphatic rings. The second-order valence-corrected chi connectivity index (χ2v) is 6.43. The van der Waals surface area contributed by atoms with Crippen LogP contribution in [-0.4, -0.2) is 6.54 Å². The van der Waals surface area contributed by atoms with Gasteiger partial charge in [0.05, 0.1) is 19.3 Å². The molecule has 0 unspecified atom stereocenters. The van der Waals surface area contributed by atoms with Gasteiger partial charge in [-0.05, 0) is 40.6 Å². The first kappa shape index (κ1) is 18.7. The van der Waals surface area contributed by atoms with Crippen LogP contribution in [0.4, 0.5) is 0 Å². The van der Waals surface area contributed by atoms with E-state index in [1.165, 1.54) is 11.1 Å². The van der Waals surface area contributed by atoms with E-state index in [0.29, 0.717) is 6.61 Å². The number of benzene rings is 3. The molecule has 0 N–H and O–H groups in total. The topological polar surface area (TPSA) is 58.0 Å². The average Bonchev–Trinajstić information content (AvgIpc) is 2.74. The Morgan fingerprint density at radius 2 is 1.41 bits per heavy atom. The maximum atomic E-state index is 8.64. The fourth-order valence-corrected chi connectivity index (χ4v) is 3.04. The van der Waals surface area contributed by atoms with Gasteiger partial charge in [-0.2, -0.15) is 0 Å². The fourth-order valence-electron chi connectivity index (χ4n) is 3.04. The summed E-state index contributed by atoms with van der Waals surface area (Å²) in [6.07, 6.45) is 1.78. The van der Waals surface area contributed by atoms with Crippen LogP contribution < -0.4 is 0 Å². The van der Waals surface area contributed by atoms with E-state index in [2.05, 4.69) is 58.6 Å². The highest BCUT2D eigenvalue weighted by molar-refractivity contribution is 5.25. The zero-order valence-electron chi connectivity index (χ0n) is 15.2. The van der Waals surface area contributed by atoms with Gasteiger partial charge in [-0.15, -0.1) is 0 Å². The van der Waals surface area contributed by atoms with E-state index < -0.39 is 0 Å².